The number of ether oxygens (including phenoxy) is 1. The summed E-state index contributed by atoms with van der Waals surface area (Å²) in [7, 11) is 1.96. The first-order valence-corrected chi connectivity index (χ1v) is 7.66. The zero-order chi connectivity index (χ0) is 15.1. The lowest BCUT2D eigenvalue weighted by Gasteiger charge is -2.13. The Hall–Kier alpha value is -1.81. The second kappa shape index (κ2) is 7.84. The summed E-state index contributed by atoms with van der Waals surface area (Å²) in [5.74, 6) is 0.922. The fraction of sp³-hybridized carbons (Fsp3) is 0.471. The standard InChI is InChI=1S/C17H25N3O/c1-3-4-13-21-16-8-5-14(6-9-16)17(18)10-7-15-11-12-19-20(15)2/h5-6,8-9,11-12,17H,3-4,7,10,13,18H2,1-2H3. The van der Waals surface area contributed by atoms with E-state index in [-0.39, 0.29) is 6.04 Å². The molecule has 2 N–H and O–H groups in total. The van der Waals surface area contributed by atoms with E-state index in [0.717, 1.165) is 43.6 Å². The average molecular weight is 287 g/mol. The number of nitrogens with zero attached hydrogens (tertiary/aromatic N) is 2. The van der Waals surface area contributed by atoms with Crippen LogP contribution in [-0.2, 0) is 13.5 Å². The molecule has 1 aromatic heterocycles. The number of aromatic nitrogens is 2. The van der Waals surface area contributed by atoms with Crippen molar-refractivity contribution in [3.63, 3.8) is 0 Å². The van der Waals surface area contributed by atoms with E-state index in [1.54, 1.807) is 0 Å². The largest absolute Gasteiger partial charge is 0.494 e. The van der Waals surface area contributed by atoms with Crippen molar-refractivity contribution in [2.45, 2.75) is 38.6 Å². The Morgan fingerprint density at radius 2 is 2.00 bits per heavy atom. The smallest absolute Gasteiger partial charge is 0.119 e. The van der Waals surface area contributed by atoms with E-state index in [1.807, 2.05) is 36.1 Å². The van der Waals surface area contributed by atoms with Crippen molar-refractivity contribution in [2.75, 3.05) is 6.61 Å². The molecule has 0 aliphatic heterocycles. The molecule has 2 aromatic rings. The number of rotatable bonds is 8. The Bertz CT molecular complexity index is 533. The van der Waals surface area contributed by atoms with Crippen LogP contribution in [0.25, 0.3) is 0 Å². The highest BCUT2D eigenvalue weighted by molar-refractivity contribution is 5.29. The molecule has 0 fully saturated rings. The zero-order valence-electron chi connectivity index (χ0n) is 13.0. The maximum atomic E-state index is 6.26. The summed E-state index contributed by atoms with van der Waals surface area (Å²) in [6.07, 6.45) is 5.91. The fourth-order valence-electron chi connectivity index (χ4n) is 2.26. The Morgan fingerprint density at radius 3 is 2.62 bits per heavy atom. The first kappa shape index (κ1) is 15.6. The molecule has 0 amide bonds. The molecule has 1 unspecified atom stereocenters. The van der Waals surface area contributed by atoms with Gasteiger partial charge in [0.15, 0.2) is 0 Å². The van der Waals surface area contributed by atoms with Crippen molar-refractivity contribution in [3.05, 3.63) is 47.8 Å². The summed E-state index contributed by atoms with van der Waals surface area (Å²) in [4.78, 5) is 0. The maximum absolute atomic E-state index is 6.26. The first-order valence-electron chi connectivity index (χ1n) is 7.66. The van der Waals surface area contributed by atoms with E-state index in [0.29, 0.717) is 0 Å². The summed E-state index contributed by atoms with van der Waals surface area (Å²) in [5.41, 5.74) is 8.63. The summed E-state index contributed by atoms with van der Waals surface area (Å²) in [6.45, 7) is 2.94. The van der Waals surface area contributed by atoms with Crippen molar-refractivity contribution in [3.8, 4) is 5.75 Å². The molecule has 0 radical (unpaired) electrons. The predicted molar refractivity (Wildman–Crippen MR) is 85.3 cm³/mol. The van der Waals surface area contributed by atoms with Crippen LogP contribution in [0.1, 0.15) is 43.5 Å². The average Bonchev–Trinajstić information content (AvgIpc) is 2.91. The summed E-state index contributed by atoms with van der Waals surface area (Å²) >= 11 is 0. The van der Waals surface area contributed by atoms with Gasteiger partial charge in [-0.25, -0.2) is 0 Å². The number of unbranched alkanes of at least 4 members (excludes halogenated alkanes) is 1. The van der Waals surface area contributed by atoms with Crippen molar-refractivity contribution < 1.29 is 4.74 Å². The molecular formula is C17H25N3O. The molecule has 2 rings (SSSR count). The number of hydrogen-bond donors (Lipinski definition) is 1. The van der Waals surface area contributed by atoms with Crippen LogP contribution < -0.4 is 10.5 Å². The van der Waals surface area contributed by atoms with Crippen LogP contribution in [0.5, 0.6) is 5.75 Å². The van der Waals surface area contributed by atoms with E-state index in [9.17, 15) is 0 Å². The van der Waals surface area contributed by atoms with Gasteiger partial charge in [-0.2, -0.15) is 5.10 Å². The van der Waals surface area contributed by atoms with Gasteiger partial charge in [0, 0.05) is 25.0 Å². The quantitative estimate of drug-likeness (QED) is 0.758. The lowest BCUT2D eigenvalue weighted by Crippen LogP contribution is -2.12. The predicted octanol–water partition coefficient (Wildman–Crippen LogP) is 3.23. The summed E-state index contributed by atoms with van der Waals surface area (Å²) in [5, 5.41) is 4.17. The van der Waals surface area contributed by atoms with E-state index in [1.165, 1.54) is 5.69 Å². The van der Waals surface area contributed by atoms with Gasteiger partial charge in [0.05, 0.1) is 6.61 Å². The van der Waals surface area contributed by atoms with Gasteiger partial charge in [-0.05, 0) is 43.0 Å². The second-order valence-electron chi connectivity index (χ2n) is 5.36. The summed E-state index contributed by atoms with van der Waals surface area (Å²) < 4.78 is 7.56. The van der Waals surface area contributed by atoms with Gasteiger partial charge in [-0.3, -0.25) is 4.68 Å². The monoisotopic (exact) mass is 287 g/mol. The van der Waals surface area contributed by atoms with Crippen LogP contribution in [-0.4, -0.2) is 16.4 Å². The van der Waals surface area contributed by atoms with E-state index in [2.05, 4.69) is 24.2 Å². The topological polar surface area (TPSA) is 53.1 Å². The zero-order valence-corrected chi connectivity index (χ0v) is 13.0. The molecule has 1 aromatic carbocycles. The Morgan fingerprint density at radius 1 is 1.24 bits per heavy atom. The van der Waals surface area contributed by atoms with Crippen molar-refractivity contribution in [1.82, 2.24) is 9.78 Å². The van der Waals surface area contributed by atoms with Gasteiger partial charge in [-0.15, -0.1) is 0 Å². The third-order valence-corrected chi connectivity index (χ3v) is 3.71. The second-order valence-corrected chi connectivity index (χ2v) is 5.36. The molecule has 1 atom stereocenters. The van der Waals surface area contributed by atoms with Crippen LogP contribution in [0, 0.1) is 0 Å². The minimum atomic E-state index is 0.0459. The minimum Gasteiger partial charge on any atom is -0.494 e. The van der Waals surface area contributed by atoms with Gasteiger partial charge in [0.25, 0.3) is 0 Å². The first-order chi connectivity index (χ1) is 10.2. The normalized spacial score (nSPS) is 12.3. The SMILES string of the molecule is CCCCOc1ccc(C(N)CCc2ccnn2C)cc1. The van der Waals surface area contributed by atoms with Gasteiger partial charge in [0.2, 0.25) is 0 Å². The van der Waals surface area contributed by atoms with Crippen LogP contribution in [0.4, 0.5) is 0 Å². The van der Waals surface area contributed by atoms with Gasteiger partial charge in [0.1, 0.15) is 5.75 Å². The lowest BCUT2D eigenvalue weighted by molar-refractivity contribution is 0.309. The number of hydrogen-bond acceptors (Lipinski definition) is 3. The van der Waals surface area contributed by atoms with Crippen LogP contribution in [0.15, 0.2) is 36.5 Å². The third-order valence-electron chi connectivity index (χ3n) is 3.71. The highest BCUT2D eigenvalue weighted by atomic mass is 16.5. The number of benzene rings is 1. The molecule has 0 bridgehead atoms. The molecule has 0 saturated carbocycles. The van der Waals surface area contributed by atoms with Crippen LogP contribution in [0.2, 0.25) is 0 Å². The van der Waals surface area contributed by atoms with Gasteiger partial charge < -0.3 is 10.5 Å². The highest BCUT2D eigenvalue weighted by Gasteiger charge is 2.08. The van der Waals surface area contributed by atoms with Crippen LogP contribution >= 0.6 is 0 Å². The molecule has 0 aliphatic carbocycles. The molecule has 0 saturated heterocycles. The molecule has 0 spiro atoms. The molecule has 4 nitrogen and oxygen atoms in total. The van der Waals surface area contributed by atoms with Crippen molar-refractivity contribution in [2.24, 2.45) is 12.8 Å². The number of nitrogens with two attached hydrogens (primary N) is 1. The molecule has 1 heterocycles. The number of aryl methyl sites for hydroxylation is 2. The summed E-state index contributed by atoms with van der Waals surface area (Å²) in [6, 6.07) is 10.2. The molecular weight excluding hydrogens is 262 g/mol. The molecule has 114 valence electrons. The Balaban J connectivity index is 1.84. The fourth-order valence-corrected chi connectivity index (χ4v) is 2.26. The Labute approximate surface area is 126 Å². The maximum Gasteiger partial charge on any atom is 0.119 e. The lowest BCUT2D eigenvalue weighted by atomic mass is 10.0. The molecule has 0 aliphatic rings. The third kappa shape index (κ3) is 4.60. The van der Waals surface area contributed by atoms with E-state index >= 15 is 0 Å². The highest BCUT2D eigenvalue weighted by Crippen LogP contribution is 2.20. The van der Waals surface area contributed by atoms with Crippen molar-refractivity contribution in [1.29, 1.82) is 0 Å². The van der Waals surface area contributed by atoms with Gasteiger partial charge in [-0.1, -0.05) is 25.5 Å². The van der Waals surface area contributed by atoms with Crippen molar-refractivity contribution >= 4 is 0 Å². The van der Waals surface area contributed by atoms with Crippen LogP contribution in [0.3, 0.4) is 0 Å². The van der Waals surface area contributed by atoms with Gasteiger partial charge >= 0.3 is 0 Å². The van der Waals surface area contributed by atoms with E-state index in [4.69, 9.17) is 10.5 Å². The molecule has 4 heteroatoms. The minimum absolute atomic E-state index is 0.0459. The van der Waals surface area contributed by atoms with E-state index < -0.39 is 0 Å². The molecule has 21 heavy (non-hydrogen) atoms. The Kier molecular flexibility index (Phi) is 5.81.